The van der Waals surface area contributed by atoms with Crippen LogP contribution in [0.5, 0.6) is 0 Å². The third-order valence-electron chi connectivity index (χ3n) is 5.21. The van der Waals surface area contributed by atoms with Crippen molar-refractivity contribution >= 4 is 34.4 Å². The second-order valence-corrected chi connectivity index (χ2v) is 7.61. The van der Waals surface area contributed by atoms with Gasteiger partial charge in [0.25, 0.3) is 0 Å². The lowest BCUT2D eigenvalue weighted by Crippen LogP contribution is -2.20. The van der Waals surface area contributed by atoms with Gasteiger partial charge in [-0.05, 0) is 48.6 Å². The zero-order valence-electron chi connectivity index (χ0n) is 18.8. The van der Waals surface area contributed by atoms with E-state index in [2.05, 4.69) is 16.0 Å². The standard InChI is InChI=1S/C14H15NO2.C9H9ClFNO.C2H6/c16-14(17)9-11-10-5-1-2-6-12(10)15-8-4-3-7-13(11)15;1-12-9(13)4-6-2-3-7(11)5-8(6)10;1-2/h1-2,5-6H,3-4,7-9H2,(H,16,17);2-3,5H,4H2,1H3,(H,12,13);1-2H3. The normalized spacial score (nSPS) is 12.0. The van der Waals surface area contributed by atoms with Crippen LogP contribution in [0.3, 0.4) is 0 Å². The summed E-state index contributed by atoms with van der Waals surface area (Å²) in [7, 11) is 1.54. The molecule has 172 valence electrons. The van der Waals surface area contributed by atoms with Gasteiger partial charge in [-0.1, -0.05) is 49.7 Å². The van der Waals surface area contributed by atoms with Crippen molar-refractivity contribution in [3.8, 4) is 0 Å². The summed E-state index contributed by atoms with van der Waals surface area (Å²) in [6.45, 7) is 5.02. The van der Waals surface area contributed by atoms with E-state index in [0.717, 1.165) is 23.9 Å². The molecule has 0 spiro atoms. The van der Waals surface area contributed by atoms with Gasteiger partial charge in [-0.15, -0.1) is 0 Å². The fourth-order valence-corrected chi connectivity index (χ4v) is 4.04. The second kappa shape index (κ2) is 12.2. The minimum absolute atomic E-state index is 0.142. The molecule has 0 aliphatic carbocycles. The predicted octanol–water partition coefficient (Wildman–Crippen LogP) is 5.40. The maximum absolute atomic E-state index is 12.6. The molecule has 0 saturated carbocycles. The van der Waals surface area contributed by atoms with Crippen LogP contribution in [0.2, 0.25) is 5.02 Å². The van der Waals surface area contributed by atoms with Crippen LogP contribution < -0.4 is 5.32 Å². The van der Waals surface area contributed by atoms with Crippen molar-refractivity contribution in [1.82, 2.24) is 9.88 Å². The van der Waals surface area contributed by atoms with E-state index < -0.39 is 11.8 Å². The number of amides is 1. The van der Waals surface area contributed by atoms with Crippen LogP contribution in [0.15, 0.2) is 42.5 Å². The third kappa shape index (κ3) is 6.33. The van der Waals surface area contributed by atoms with Crippen LogP contribution in [0, 0.1) is 5.82 Å². The van der Waals surface area contributed by atoms with Gasteiger partial charge in [-0.2, -0.15) is 0 Å². The summed E-state index contributed by atoms with van der Waals surface area (Å²) < 4.78 is 14.9. The summed E-state index contributed by atoms with van der Waals surface area (Å²) >= 11 is 5.71. The van der Waals surface area contributed by atoms with Crippen molar-refractivity contribution in [2.45, 2.75) is 52.5 Å². The first-order valence-electron chi connectivity index (χ1n) is 10.9. The lowest BCUT2D eigenvalue weighted by Gasteiger charge is -2.16. The number of fused-ring (bicyclic) bond motifs is 3. The summed E-state index contributed by atoms with van der Waals surface area (Å²) in [6.07, 6.45) is 3.69. The Bertz CT molecular complexity index is 1080. The lowest BCUT2D eigenvalue weighted by molar-refractivity contribution is -0.136. The van der Waals surface area contributed by atoms with Gasteiger partial charge in [0.15, 0.2) is 0 Å². The Morgan fingerprint density at radius 1 is 1.12 bits per heavy atom. The molecule has 0 fully saturated rings. The summed E-state index contributed by atoms with van der Waals surface area (Å²) in [5.41, 5.74) is 4.08. The molecule has 2 heterocycles. The highest BCUT2D eigenvalue weighted by Crippen LogP contribution is 2.31. The smallest absolute Gasteiger partial charge is 0.307 e. The number of hydrogen-bond acceptors (Lipinski definition) is 2. The molecule has 2 aromatic carbocycles. The quantitative estimate of drug-likeness (QED) is 0.547. The van der Waals surface area contributed by atoms with Gasteiger partial charge in [0.05, 0.1) is 12.8 Å². The number of carboxylic acids is 1. The van der Waals surface area contributed by atoms with Crippen LogP contribution in [0.1, 0.15) is 43.5 Å². The van der Waals surface area contributed by atoms with Gasteiger partial charge >= 0.3 is 5.97 Å². The summed E-state index contributed by atoms with van der Waals surface area (Å²) in [6, 6.07) is 12.1. The van der Waals surface area contributed by atoms with Gasteiger partial charge in [-0.3, -0.25) is 9.59 Å². The van der Waals surface area contributed by atoms with E-state index in [1.165, 1.54) is 42.3 Å². The first-order chi connectivity index (χ1) is 15.4. The highest BCUT2D eigenvalue weighted by atomic mass is 35.5. The Kier molecular flexibility index (Phi) is 9.72. The van der Waals surface area contributed by atoms with Crippen LogP contribution in [-0.4, -0.2) is 28.6 Å². The number of carboxylic acid groups (broad SMARTS) is 1. The molecule has 1 aliphatic rings. The van der Waals surface area contributed by atoms with Gasteiger partial charge < -0.3 is 15.0 Å². The molecule has 0 bridgehead atoms. The fraction of sp³-hybridized carbons (Fsp3) is 0.360. The van der Waals surface area contributed by atoms with Crippen LogP contribution >= 0.6 is 11.6 Å². The molecular weight excluding hydrogens is 431 g/mol. The number of aryl methyl sites for hydroxylation is 1. The molecule has 3 aromatic rings. The van der Waals surface area contributed by atoms with Gasteiger partial charge in [0, 0.05) is 35.2 Å². The Labute approximate surface area is 193 Å². The highest BCUT2D eigenvalue weighted by Gasteiger charge is 2.20. The Morgan fingerprint density at radius 3 is 2.50 bits per heavy atom. The van der Waals surface area contributed by atoms with Gasteiger partial charge in [0.1, 0.15) is 5.82 Å². The molecule has 7 heteroatoms. The van der Waals surface area contributed by atoms with Gasteiger partial charge in [0.2, 0.25) is 5.91 Å². The fourth-order valence-electron chi connectivity index (χ4n) is 3.81. The molecule has 0 radical (unpaired) electrons. The van der Waals surface area contributed by atoms with E-state index in [1.807, 2.05) is 32.0 Å². The molecule has 2 N–H and O–H groups in total. The molecule has 1 amide bonds. The number of nitrogens with one attached hydrogen (secondary N) is 1. The third-order valence-corrected chi connectivity index (χ3v) is 5.56. The highest BCUT2D eigenvalue weighted by molar-refractivity contribution is 6.31. The monoisotopic (exact) mass is 460 g/mol. The van der Waals surface area contributed by atoms with Crippen molar-refractivity contribution in [2.24, 2.45) is 0 Å². The number of carbonyl (C=O) groups is 2. The number of likely N-dealkylation sites (N-methyl/N-ethyl adjacent to an activating group) is 1. The van der Waals surface area contributed by atoms with E-state index in [0.29, 0.717) is 5.56 Å². The largest absolute Gasteiger partial charge is 0.481 e. The zero-order valence-corrected chi connectivity index (χ0v) is 19.5. The minimum Gasteiger partial charge on any atom is -0.481 e. The Hall–Kier alpha value is -2.86. The van der Waals surface area contributed by atoms with Crippen LogP contribution in [0.4, 0.5) is 4.39 Å². The van der Waals surface area contributed by atoms with E-state index in [1.54, 1.807) is 7.05 Å². The molecule has 0 atom stereocenters. The number of nitrogens with zero attached hydrogens (tertiary/aromatic N) is 1. The number of rotatable bonds is 4. The number of halogens is 2. The molecule has 1 aromatic heterocycles. The number of hydrogen-bond donors (Lipinski definition) is 2. The number of aliphatic carboxylic acids is 1. The number of carbonyl (C=O) groups excluding carboxylic acids is 1. The average Bonchev–Trinajstić information content (AvgIpc) is 3.11. The number of para-hydroxylation sites is 1. The maximum Gasteiger partial charge on any atom is 0.307 e. The van der Waals surface area contributed by atoms with E-state index >= 15 is 0 Å². The van der Waals surface area contributed by atoms with Crippen LogP contribution in [0.25, 0.3) is 10.9 Å². The zero-order chi connectivity index (χ0) is 23.7. The molecular formula is C25H30ClFN2O3. The SMILES string of the molecule is CC.CNC(=O)Cc1ccc(F)cc1Cl.O=C(O)Cc1c2n(c3ccccc13)CCCC2. The Balaban J connectivity index is 0.000000218. The van der Waals surface area contributed by atoms with Crippen molar-refractivity contribution in [1.29, 1.82) is 0 Å². The summed E-state index contributed by atoms with van der Waals surface area (Å²) in [5.74, 6) is -1.28. The van der Waals surface area contributed by atoms with Crippen molar-refractivity contribution in [2.75, 3.05) is 7.05 Å². The number of aromatic nitrogens is 1. The predicted molar refractivity (Wildman–Crippen MR) is 127 cm³/mol. The lowest BCUT2D eigenvalue weighted by atomic mass is 10.0. The first-order valence-corrected chi connectivity index (χ1v) is 11.2. The molecule has 0 saturated heterocycles. The van der Waals surface area contributed by atoms with E-state index in [4.69, 9.17) is 16.7 Å². The van der Waals surface area contributed by atoms with E-state index in [-0.39, 0.29) is 23.8 Å². The second-order valence-electron chi connectivity index (χ2n) is 7.21. The summed E-state index contributed by atoms with van der Waals surface area (Å²) in [5, 5.41) is 12.9. The van der Waals surface area contributed by atoms with Crippen molar-refractivity contribution in [3.63, 3.8) is 0 Å². The topological polar surface area (TPSA) is 71.3 Å². The first kappa shape index (κ1) is 25.4. The van der Waals surface area contributed by atoms with Crippen molar-refractivity contribution in [3.05, 3.63) is 70.1 Å². The van der Waals surface area contributed by atoms with E-state index in [9.17, 15) is 14.0 Å². The minimum atomic E-state index is -0.741. The van der Waals surface area contributed by atoms with Gasteiger partial charge in [-0.25, -0.2) is 4.39 Å². The number of benzene rings is 2. The molecule has 1 aliphatic heterocycles. The van der Waals surface area contributed by atoms with Crippen LogP contribution in [-0.2, 0) is 35.4 Å². The maximum atomic E-state index is 12.6. The molecule has 5 nitrogen and oxygen atoms in total. The molecule has 4 rings (SSSR count). The molecule has 32 heavy (non-hydrogen) atoms. The Morgan fingerprint density at radius 2 is 1.84 bits per heavy atom. The summed E-state index contributed by atoms with van der Waals surface area (Å²) in [4.78, 5) is 21.9. The van der Waals surface area contributed by atoms with Crippen molar-refractivity contribution < 1.29 is 19.1 Å². The molecule has 0 unspecified atom stereocenters. The average molecular weight is 461 g/mol.